The molecule has 0 radical (unpaired) electrons. The van der Waals surface area contributed by atoms with Crippen LogP contribution in [0.4, 0.5) is 6.01 Å². The number of nitrogen functional groups attached to an aromatic ring is 1. The van der Waals surface area contributed by atoms with E-state index in [4.69, 9.17) is 10.2 Å². The van der Waals surface area contributed by atoms with Crippen molar-refractivity contribution in [2.75, 3.05) is 5.73 Å². The summed E-state index contributed by atoms with van der Waals surface area (Å²) in [4.78, 5) is 19.0. The van der Waals surface area contributed by atoms with Crippen LogP contribution in [0.3, 0.4) is 0 Å². The van der Waals surface area contributed by atoms with E-state index in [0.29, 0.717) is 5.76 Å². The van der Waals surface area contributed by atoms with Crippen LogP contribution in [-0.4, -0.2) is 15.8 Å². The van der Waals surface area contributed by atoms with E-state index in [1.807, 2.05) is 0 Å². The fourth-order valence-corrected chi connectivity index (χ4v) is 1.27. The summed E-state index contributed by atoms with van der Waals surface area (Å²) in [7, 11) is 0. The average Bonchev–Trinajstić information content (AvgIpc) is 2.62. The number of rotatable bonds is 2. The summed E-state index contributed by atoms with van der Waals surface area (Å²) in [5, 5.41) is 0. The molecule has 15 heavy (non-hydrogen) atoms. The number of carbonyl (C=O) groups is 1. The predicted octanol–water partition coefficient (Wildman–Crippen LogP) is 1.52. The van der Waals surface area contributed by atoms with Crippen molar-refractivity contribution >= 4 is 11.8 Å². The lowest BCUT2D eigenvalue weighted by atomic mass is 10.1. The van der Waals surface area contributed by atoms with Gasteiger partial charge in [-0.1, -0.05) is 0 Å². The first-order valence-corrected chi connectivity index (χ1v) is 4.36. The van der Waals surface area contributed by atoms with Gasteiger partial charge in [0.1, 0.15) is 0 Å². The van der Waals surface area contributed by atoms with Crippen LogP contribution < -0.4 is 5.73 Å². The Balaban J connectivity index is 2.58. The normalized spacial score (nSPS) is 10.2. The smallest absolute Gasteiger partial charge is 0.293 e. The van der Waals surface area contributed by atoms with Crippen LogP contribution in [0.25, 0.3) is 11.3 Å². The van der Waals surface area contributed by atoms with E-state index in [1.54, 1.807) is 24.5 Å². The summed E-state index contributed by atoms with van der Waals surface area (Å²) >= 11 is 0. The lowest BCUT2D eigenvalue weighted by Gasteiger charge is -1.96. The molecule has 0 bridgehead atoms. The van der Waals surface area contributed by atoms with E-state index in [2.05, 4.69) is 9.97 Å². The summed E-state index contributed by atoms with van der Waals surface area (Å²) in [6, 6.07) is 3.45. The molecule has 2 aromatic heterocycles. The molecule has 0 saturated heterocycles. The first-order chi connectivity index (χ1) is 7.18. The molecule has 0 aromatic carbocycles. The molecule has 2 heterocycles. The van der Waals surface area contributed by atoms with Crippen molar-refractivity contribution in [1.82, 2.24) is 9.97 Å². The summed E-state index contributed by atoms with van der Waals surface area (Å²) in [6.45, 7) is 1.42. The molecule has 5 heteroatoms. The van der Waals surface area contributed by atoms with Gasteiger partial charge in [-0.05, 0) is 12.1 Å². The predicted molar refractivity (Wildman–Crippen MR) is 54.2 cm³/mol. The highest BCUT2D eigenvalue weighted by atomic mass is 16.4. The molecular formula is C10H9N3O2. The molecule has 0 atom stereocenters. The van der Waals surface area contributed by atoms with Crippen molar-refractivity contribution in [1.29, 1.82) is 0 Å². The molecule has 0 amide bonds. The molecule has 0 unspecified atom stereocenters. The average molecular weight is 203 g/mol. The van der Waals surface area contributed by atoms with Gasteiger partial charge in [0, 0.05) is 24.9 Å². The maximum Gasteiger partial charge on any atom is 0.293 e. The standard InChI is InChI=1S/C10H9N3O2/c1-6(14)8-9(15-10(11)13-8)7-2-4-12-5-3-7/h2-5H,1H3,(H2,11,13). The lowest BCUT2D eigenvalue weighted by molar-refractivity contribution is 0.101. The molecule has 2 N–H and O–H groups in total. The van der Waals surface area contributed by atoms with Crippen molar-refractivity contribution in [3.05, 3.63) is 30.2 Å². The summed E-state index contributed by atoms with van der Waals surface area (Å²) in [5.74, 6) is 0.213. The van der Waals surface area contributed by atoms with Gasteiger partial charge in [0.05, 0.1) is 0 Å². The van der Waals surface area contributed by atoms with Crippen LogP contribution in [0.2, 0.25) is 0 Å². The van der Waals surface area contributed by atoms with E-state index >= 15 is 0 Å². The second-order valence-electron chi connectivity index (χ2n) is 3.02. The Labute approximate surface area is 86.0 Å². The minimum atomic E-state index is -0.178. The van der Waals surface area contributed by atoms with E-state index in [0.717, 1.165) is 5.56 Å². The van der Waals surface area contributed by atoms with E-state index in [9.17, 15) is 4.79 Å². The maximum atomic E-state index is 11.3. The molecule has 0 fully saturated rings. The van der Waals surface area contributed by atoms with Crippen molar-refractivity contribution in [2.45, 2.75) is 6.92 Å². The SMILES string of the molecule is CC(=O)c1nc(N)oc1-c1ccncc1. The van der Waals surface area contributed by atoms with Gasteiger partial charge in [0.2, 0.25) is 0 Å². The molecule has 0 aliphatic carbocycles. The summed E-state index contributed by atoms with van der Waals surface area (Å²) < 4.78 is 5.18. The third kappa shape index (κ3) is 1.71. The van der Waals surface area contributed by atoms with Gasteiger partial charge in [0.15, 0.2) is 17.2 Å². The first kappa shape index (κ1) is 9.39. The van der Waals surface area contributed by atoms with Crippen molar-refractivity contribution in [3.63, 3.8) is 0 Å². The fourth-order valence-electron chi connectivity index (χ4n) is 1.27. The highest BCUT2D eigenvalue weighted by molar-refractivity contribution is 5.97. The minimum absolute atomic E-state index is 0.00740. The Morgan fingerprint density at radius 1 is 1.40 bits per heavy atom. The van der Waals surface area contributed by atoms with Crippen LogP contribution in [0.5, 0.6) is 0 Å². The number of hydrogen-bond acceptors (Lipinski definition) is 5. The number of pyridine rings is 1. The third-order valence-electron chi connectivity index (χ3n) is 1.92. The molecule has 0 saturated carbocycles. The Bertz CT molecular complexity index is 491. The largest absolute Gasteiger partial charge is 0.423 e. The molecule has 0 aliphatic heterocycles. The lowest BCUT2D eigenvalue weighted by Crippen LogP contribution is -1.95. The Kier molecular flexibility index (Phi) is 2.21. The number of carbonyl (C=O) groups excluding carboxylic acids is 1. The van der Waals surface area contributed by atoms with Crippen molar-refractivity contribution < 1.29 is 9.21 Å². The number of oxazole rings is 1. The molecule has 76 valence electrons. The molecular weight excluding hydrogens is 194 g/mol. The molecule has 5 nitrogen and oxygen atoms in total. The van der Waals surface area contributed by atoms with Crippen LogP contribution in [-0.2, 0) is 0 Å². The van der Waals surface area contributed by atoms with Gasteiger partial charge < -0.3 is 10.2 Å². The van der Waals surface area contributed by atoms with Crippen molar-refractivity contribution in [3.8, 4) is 11.3 Å². The number of Topliss-reactive ketones (excluding diaryl/α,β-unsaturated/α-hetero) is 1. The fraction of sp³-hybridized carbons (Fsp3) is 0.100. The summed E-state index contributed by atoms with van der Waals surface area (Å²) in [5.41, 5.74) is 6.39. The zero-order valence-electron chi connectivity index (χ0n) is 8.10. The molecule has 2 aromatic rings. The summed E-state index contributed by atoms with van der Waals surface area (Å²) in [6.07, 6.45) is 3.22. The third-order valence-corrected chi connectivity index (χ3v) is 1.92. The highest BCUT2D eigenvalue weighted by Crippen LogP contribution is 2.25. The second kappa shape index (κ2) is 3.53. The van der Waals surface area contributed by atoms with E-state index in [-0.39, 0.29) is 17.5 Å². The Morgan fingerprint density at radius 2 is 2.07 bits per heavy atom. The topological polar surface area (TPSA) is 82.0 Å². The second-order valence-corrected chi connectivity index (χ2v) is 3.02. The van der Waals surface area contributed by atoms with Gasteiger partial charge in [-0.15, -0.1) is 0 Å². The zero-order valence-corrected chi connectivity index (χ0v) is 8.10. The van der Waals surface area contributed by atoms with E-state index in [1.165, 1.54) is 6.92 Å². The zero-order chi connectivity index (χ0) is 10.8. The van der Waals surface area contributed by atoms with Gasteiger partial charge in [-0.25, -0.2) is 0 Å². The molecule has 2 rings (SSSR count). The quantitative estimate of drug-likeness (QED) is 0.748. The van der Waals surface area contributed by atoms with Crippen LogP contribution in [0, 0.1) is 0 Å². The van der Waals surface area contributed by atoms with Gasteiger partial charge in [-0.2, -0.15) is 4.98 Å². The monoisotopic (exact) mass is 203 g/mol. The Morgan fingerprint density at radius 3 is 2.67 bits per heavy atom. The van der Waals surface area contributed by atoms with Gasteiger partial charge >= 0.3 is 0 Å². The number of nitrogens with zero attached hydrogens (tertiary/aromatic N) is 2. The number of nitrogens with two attached hydrogens (primary N) is 1. The number of ketones is 1. The molecule has 0 spiro atoms. The van der Waals surface area contributed by atoms with Crippen LogP contribution in [0.1, 0.15) is 17.4 Å². The molecule has 0 aliphatic rings. The number of aromatic nitrogens is 2. The van der Waals surface area contributed by atoms with Crippen LogP contribution in [0.15, 0.2) is 28.9 Å². The van der Waals surface area contributed by atoms with Crippen molar-refractivity contribution in [2.24, 2.45) is 0 Å². The minimum Gasteiger partial charge on any atom is -0.423 e. The first-order valence-electron chi connectivity index (χ1n) is 4.36. The van der Waals surface area contributed by atoms with Gasteiger partial charge in [-0.3, -0.25) is 9.78 Å². The Hall–Kier alpha value is -2.17. The maximum absolute atomic E-state index is 11.3. The number of anilines is 1. The van der Waals surface area contributed by atoms with E-state index < -0.39 is 0 Å². The highest BCUT2D eigenvalue weighted by Gasteiger charge is 2.16. The van der Waals surface area contributed by atoms with Crippen LogP contribution >= 0.6 is 0 Å². The number of hydrogen-bond donors (Lipinski definition) is 1. The van der Waals surface area contributed by atoms with Gasteiger partial charge in [0.25, 0.3) is 6.01 Å².